The molecule has 0 spiro atoms. The Labute approximate surface area is 120 Å². The molecule has 0 saturated carbocycles. The average molecular weight is 287 g/mol. The smallest absolute Gasteiger partial charge is 0.338 e. The predicted octanol–water partition coefficient (Wildman–Crippen LogP) is 3.19. The fourth-order valence-electron chi connectivity index (χ4n) is 2.46. The molecule has 1 amide bonds. The number of nitrogens with one attached hydrogen (secondary N) is 1. The number of carboxylic acid groups (broad SMARTS) is 1. The predicted molar refractivity (Wildman–Crippen MR) is 77.7 cm³/mol. The second kappa shape index (κ2) is 5.09. The maximum absolute atomic E-state index is 12.2. The number of anilines is 1. The Balaban J connectivity index is 1.83. The van der Waals surface area contributed by atoms with Crippen LogP contribution in [0.15, 0.2) is 29.6 Å². The number of amides is 1. The van der Waals surface area contributed by atoms with E-state index in [-0.39, 0.29) is 11.5 Å². The van der Waals surface area contributed by atoms with Crippen molar-refractivity contribution in [3.05, 3.63) is 51.9 Å². The second-order valence-electron chi connectivity index (χ2n) is 4.76. The van der Waals surface area contributed by atoms with Crippen LogP contribution in [-0.2, 0) is 12.8 Å². The van der Waals surface area contributed by atoms with Gasteiger partial charge in [0.05, 0.1) is 5.56 Å². The van der Waals surface area contributed by atoms with Crippen molar-refractivity contribution in [2.45, 2.75) is 19.3 Å². The van der Waals surface area contributed by atoms with Crippen LogP contribution in [0.3, 0.4) is 0 Å². The number of benzene rings is 1. The highest BCUT2D eigenvalue weighted by atomic mass is 32.1. The zero-order valence-corrected chi connectivity index (χ0v) is 11.5. The third kappa shape index (κ3) is 2.32. The number of carbonyl (C=O) groups excluding carboxylic acids is 1. The normalized spacial score (nSPS) is 13.0. The van der Waals surface area contributed by atoms with Crippen molar-refractivity contribution in [3.8, 4) is 0 Å². The SMILES string of the molecule is O=C(Nc1sccc1C(=O)O)c1ccc2c(c1)CCC2. The van der Waals surface area contributed by atoms with Gasteiger partial charge >= 0.3 is 5.97 Å². The van der Waals surface area contributed by atoms with E-state index in [4.69, 9.17) is 5.11 Å². The first kappa shape index (κ1) is 12.9. The van der Waals surface area contributed by atoms with Crippen LogP contribution >= 0.6 is 11.3 Å². The molecule has 0 bridgehead atoms. The van der Waals surface area contributed by atoms with Gasteiger partial charge in [-0.15, -0.1) is 11.3 Å². The monoisotopic (exact) mass is 287 g/mol. The van der Waals surface area contributed by atoms with Crippen molar-refractivity contribution < 1.29 is 14.7 Å². The standard InChI is InChI=1S/C15H13NO3S/c17-13(16-14-12(15(18)19)6-7-20-14)11-5-4-9-2-1-3-10(9)8-11/h4-8H,1-3H2,(H,16,17)(H,18,19). The summed E-state index contributed by atoms with van der Waals surface area (Å²) in [7, 11) is 0. The summed E-state index contributed by atoms with van der Waals surface area (Å²) in [6.07, 6.45) is 3.22. The molecule has 20 heavy (non-hydrogen) atoms. The van der Waals surface area contributed by atoms with E-state index >= 15 is 0 Å². The molecular formula is C15H13NO3S. The molecule has 1 heterocycles. The van der Waals surface area contributed by atoms with Gasteiger partial charge in [0.1, 0.15) is 5.00 Å². The lowest BCUT2D eigenvalue weighted by Crippen LogP contribution is -2.13. The first-order chi connectivity index (χ1) is 9.65. The summed E-state index contributed by atoms with van der Waals surface area (Å²) in [5.41, 5.74) is 3.24. The van der Waals surface area contributed by atoms with Gasteiger partial charge in [-0.3, -0.25) is 4.79 Å². The van der Waals surface area contributed by atoms with Crippen LogP contribution in [0, 0.1) is 0 Å². The van der Waals surface area contributed by atoms with Gasteiger partial charge < -0.3 is 10.4 Å². The van der Waals surface area contributed by atoms with E-state index in [1.165, 1.54) is 28.5 Å². The highest BCUT2D eigenvalue weighted by Crippen LogP contribution is 2.26. The third-order valence-corrected chi connectivity index (χ3v) is 4.31. The molecule has 0 saturated heterocycles. The molecule has 0 unspecified atom stereocenters. The molecule has 1 aliphatic carbocycles. The van der Waals surface area contributed by atoms with Crippen LogP contribution in [0.5, 0.6) is 0 Å². The van der Waals surface area contributed by atoms with Crippen molar-refractivity contribution in [2.75, 3.05) is 5.32 Å². The van der Waals surface area contributed by atoms with Gasteiger partial charge in [-0.1, -0.05) is 6.07 Å². The van der Waals surface area contributed by atoms with Crippen LogP contribution in [0.2, 0.25) is 0 Å². The molecule has 102 valence electrons. The Hall–Kier alpha value is -2.14. The highest BCUT2D eigenvalue weighted by Gasteiger charge is 2.17. The third-order valence-electron chi connectivity index (χ3n) is 3.48. The van der Waals surface area contributed by atoms with Crippen molar-refractivity contribution in [2.24, 2.45) is 0 Å². The molecule has 0 atom stereocenters. The summed E-state index contributed by atoms with van der Waals surface area (Å²) in [6, 6.07) is 7.19. The van der Waals surface area contributed by atoms with E-state index in [1.807, 2.05) is 12.1 Å². The number of aryl methyl sites for hydroxylation is 2. The van der Waals surface area contributed by atoms with Gasteiger partial charge in [-0.2, -0.15) is 0 Å². The largest absolute Gasteiger partial charge is 0.478 e. The van der Waals surface area contributed by atoms with E-state index in [0.717, 1.165) is 19.3 Å². The maximum atomic E-state index is 12.2. The zero-order chi connectivity index (χ0) is 14.1. The lowest BCUT2D eigenvalue weighted by molar-refractivity contribution is 0.0698. The van der Waals surface area contributed by atoms with Crippen molar-refractivity contribution >= 4 is 28.2 Å². The van der Waals surface area contributed by atoms with Gasteiger partial charge in [-0.05, 0) is 54.0 Å². The van der Waals surface area contributed by atoms with E-state index in [9.17, 15) is 9.59 Å². The number of thiophene rings is 1. The van der Waals surface area contributed by atoms with Crippen LogP contribution in [-0.4, -0.2) is 17.0 Å². The topological polar surface area (TPSA) is 66.4 Å². The molecule has 0 aliphatic heterocycles. The number of carbonyl (C=O) groups is 2. The Morgan fingerprint density at radius 2 is 1.95 bits per heavy atom. The quantitative estimate of drug-likeness (QED) is 0.911. The van der Waals surface area contributed by atoms with Gasteiger partial charge in [0.2, 0.25) is 0 Å². The van der Waals surface area contributed by atoms with Crippen molar-refractivity contribution in [3.63, 3.8) is 0 Å². The number of hydrogen-bond acceptors (Lipinski definition) is 3. The van der Waals surface area contributed by atoms with E-state index in [1.54, 1.807) is 11.4 Å². The zero-order valence-electron chi connectivity index (χ0n) is 10.7. The molecule has 1 aromatic carbocycles. The summed E-state index contributed by atoms with van der Waals surface area (Å²) in [4.78, 5) is 23.2. The van der Waals surface area contributed by atoms with Crippen molar-refractivity contribution in [1.82, 2.24) is 0 Å². The Morgan fingerprint density at radius 1 is 1.15 bits per heavy atom. The van der Waals surface area contributed by atoms with Crippen molar-refractivity contribution in [1.29, 1.82) is 0 Å². The number of rotatable bonds is 3. The fourth-order valence-corrected chi connectivity index (χ4v) is 3.24. The fraction of sp³-hybridized carbons (Fsp3) is 0.200. The maximum Gasteiger partial charge on any atom is 0.338 e. The van der Waals surface area contributed by atoms with Crippen LogP contribution in [0.25, 0.3) is 0 Å². The summed E-state index contributed by atoms with van der Waals surface area (Å²) >= 11 is 1.21. The molecule has 2 aromatic rings. The first-order valence-corrected chi connectivity index (χ1v) is 7.27. The van der Waals surface area contributed by atoms with Gasteiger partial charge in [-0.25, -0.2) is 4.79 Å². The number of aromatic carboxylic acids is 1. The molecule has 5 heteroatoms. The molecule has 1 aliphatic rings. The summed E-state index contributed by atoms with van der Waals surface area (Å²) in [6.45, 7) is 0. The lowest BCUT2D eigenvalue weighted by Gasteiger charge is -2.06. The summed E-state index contributed by atoms with van der Waals surface area (Å²) < 4.78 is 0. The minimum absolute atomic E-state index is 0.129. The van der Waals surface area contributed by atoms with Gasteiger partial charge in [0, 0.05) is 5.56 Å². The molecular weight excluding hydrogens is 274 g/mol. The number of fused-ring (bicyclic) bond motifs is 1. The lowest BCUT2D eigenvalue weighted by atomic mass is 10.1. The molecule has 4 nitrogen and oxygen atoms in total. The molecule has 0 fully saturated rings. The summed E-state index contributed by atoms with van der Waals surface area (Å²) in [5.74, 6) is -1.29. The number of carboxylic acids is 1. The second-order valence-corrected chi connectivity index (χ2v) is 5.68. The average Bonchev–Trinajstić information content (AvgIpc) is 3.05. The first-order valence-electron chi connectivity index (χ1n) is 6.39. The molecule has 1 aromatic heterocycles. The van der Waals surface area contributed by atoms with E-state index in [0.29, 0.717) is 10.6 Å². The highest BCUT2D eigenvalue weighted by molar-refractivity contribution is 7.14. The van der Waals surface area contributed by atoms with E-state index in [2.05, 4.69) is 5.32 Å². The van der Waals surface area contributed by atoms with E-state index < -0.39 is 5.97 Å². The minimum atomic E-state index is -1.03. The molecule has 3 rings (SSSR count). The summed E-state index contributed by atoms with van der Waals surface area (Å²) in [5, 5.41) is 13.7. The van der Waals surface area contributed by atoms with Crippen LogP contribution in [0.4, 0.5) is 5.00 Å². The Bertz CT molecular complexity index is 690. The molecule has 0 radical (unpaired) electrons. The molecule has 2 N–H and O–H groups in total. The Morgan fingerprint density at radius 3 is 2.75 bits per heavy atom. The number of hydrogen-bond donors (Lipinski definition) is 2. The van der Waals surface area contributed by atoms with Gasteiger partial charge in [0.25, 0.3) is 5.91 Å². The van der Waals surface area contributed by atoms with Gasteiger partial charge in [0.15, 0.2) is 0 Å². The Kier molecular flexibility index (Phi) is 3.28. The van der Waals surface area contributed by atoms with Crippen LogP contribution in [0.1, 0.15) is 38.3 Å². The minimum Gasteiger partial charge on any atom is -0.478 e. The van der Waals surface area contributed by atoms with Crippen LogP contribution < -0.4 is 5.32 Å².